The van der Waals surface area contributed by atoms with Crippen molar-refractivity contribution in [3.05, 3.63) is 46.0 Å². The van der Waals surface area contributed by atoms with Gasteiger partial charge in [-0.25, -0.2) is 0 Å². The molecule has 5 nitrogen and oxygen atoms in total. The zero-order valence-electron chi connectivity index (χ0n) is 20.3. The highest BCUT2D eigenvalue weighted by Crippen LogP contribution is 2.50. The number of aromatic hydroxyl groups is 1. The molecule has 2 fully saturated rings. The Kier molecular flexibility index (Phi) is 10.1. The summed E-state index contributed by atoms with van der Waals surface area (Å²) in [6.45, 7) is 3.79. The minimum Gasteiger partial charge on any atom is -0.505 e. The summed E-state index contributed by atoms with van der Waals surface area (Å²) in [5.74, 6) is 6.55. The minimum atomic E-state index is -0.557. The van der Waals surface area contributed by atoms with E-state index in [0.29, 0.717) is 30.4 Å². The first-order valence-corrected chi connectivity index (χ1v) is 13.0. The first-order chi connectivity index (χ1) is 16.7. The van der Waals surface area contributed by atoms with Crippen LogP contribution in [-0.4, -0.2) is 33.4 Å². The van der Waals surface area contributed by atoms with Crippen molar-refractivity contribution >= 4 is 34.8 Å². The van der Waals surface area contributed by atoms with Gasteiger partial charge in [-0.3, -0.25) is 4.79 Å². The van der Waals surface area contributed by atoms with E-state index >= 15 is 0 Å². The highest BCUT2D eigenvalue weighted by molar-refractivity contribution is 6.37. The summed E-state index contributed by atoms with van der Waals surface area (Å²) in [5, 5.41) is 33.5. The Morgan fingerprint density at radius 3 is 2.69 bits per heavy atom. The van der Waals surface area contributed by atoms with Gasteiger partial charge < -0.3 is 20.6 Å². The minimum absolute atomic E-state index is 0.0623. The largest absolute Gasteiger partial charge is 0.505 e. The van der Waals surface area contributed by atoms with Gasteiger partial charge in [0, 0.05) is 24.4 Å². The van der Waals surface area contributed by atoms with Crippen LogP contribution < -0.4 is 5.32 Å². The second-order valence-corrected chi connectivity index (χ2v) is 10.6. The summed E-state index contributed by atoms with van der Waals surface area (Å²) < 4.78 is 0. The molecule has 0 saturated heterocycles. The van der Waals surface area contributed by atoms with Crippen LogP contribution in [0.5, 0.6) is 5.75 Å². The van der Waals surface area contributed by atoms with E-state index in [2.05, 4.69) is 23.2 Å². The van der Waals surface area contributed by atoms with E-state index in [0.717, 1.165) is 32.1 Å². The van der Waals surface area contributed by atoms with Crippen molar-refractivity contribution in [2.24, 2.45) is 23.7 Å². The van der Waals surface area contributed by atoms with E-state index in [1.54, 1.807) is 6.92 Å². The smallest absolute Gasteiger partial charge is 0.224 e. The molecule has 6 atom stereocenters. The predicted molar refractivity (Wildman–Crippen MR) is 141 cm³/mol. The van der Waals surface area contributed by atoms with Crippen LogP contribution in [0.1, 0.15) is 58.8 Å². The molecule has 0 unspecified atom stereocenters. The Morgan fingerprint density at radius 2 is 2.00 bits per heavy atom. The van der Waals surface area contributed by atoms with Crippen LogP contribution in [0.4, 0.5) is 5.69 Å². The highest BCUT2D eigenvalue weighted by Gasteiger charge is 2.45. The second kappa shape index (κ2) is 12.8. The molecular formula is C28H35Cl2NO4. The number of aliphatic hydroxyl groups excluding tert-OH is 2. The number of aliphatic hydroxyl groups is 2. The van der Waals surface area contributed by atoms with Crippen molar-refractivity contribution in [1.82, 2.24) is 0 Å². The lowest BCUT2D eigenvalue weighted by Crippen LogP contribution is -2.19. The van der Waals surface area contributed by atoms with Gasteiger partial charge in [-0.05, 0) is 68.9 Å². The summed E-state index contributed by atoms with van der Waals surface area (Å²) in [5.41, 5.74) is 1.86. The number of rotatable bonds is 9. The van der Waals surface area contributed by atoms with Crippen molar-refractivity contribution in [3.8, 4) is 17.6 Å². The third kappa shape index (κ3) is 7.51. The molecule has 0 heterocycles. The van der Waals surface area contributed by atoms with Crippen molar-refractivity contribution in [2.45, 2.75) is 71.0 Å². The number of phenolic OH excluding ortho intramolecular Hbond substituents is 1. The zero-order chi connectivity index (χ0) is 25.5. The average Bonchev–Trinajstić information content (AvgIpc) is 3.33. The van der Waals surface area contributed by atoms with Gasteiger partial charge in [0.1, 0.15) is 0 Å². The number of allylic oxidation sites excluding steroid dienone is 2. The maximum atomic E-state index is 12.2. The molecule has 4 N–H and O–H groups in total. The zero-order valence-corrected chi connectivity index (χ0v) is 21.8. The van der Waals surface area contributed by atoms with Gasteiger partial charge in [-0.1, -0.05) is 53.9 Å². The van der Waals surface area contributed by atoms with Crippen LogP contribution >= 0.6 is 23.2 Å². The molecule has 2 saturated carbocycles. The van der Waals surface area contributed by atoms with E-state index in [4.69, 9.17) is 23.2 Å². The quantitative estimate of drug-likeness (QED) is 0.137. The predicted octanol–water partition coefficient (Wildman–Crippen LogP) is 6.11. The Bertz CT molecular complexity index is 1000. The molecule has 0 bridgehead atoms. The topological polar surface area (TPSA) is 89.8 Å². The number of hydrogen-bond acceptors (Lipinski definition) is 4. The van der Waals surface area contributed by atoms with Gasteiger partial charge in [0.05, 0.1) is 22.3 Å². The van der Waals surface area contributed by atoms with E-state index < -0.39 is 6.10 Å². The molecule has 0 spiro atoms. The van der Waals surface area contributed by atoms with E-state index in [1.165, 1.54) is 17.7 Å². The number of amides is 1. The number of phenols is 1. The standard InChI is InChI=1S/C28H35Cl2NO4/c1-3-4-7-17(2)25(32)11-10-21-22-13-18(12-19(22)14-26(21)33)8-5-6-9-27(34)31-20-15-23(29)28(35)24(30)16-20/h8,10-11,15-17,19,21-22,25-26,32-33,35H,5-7,9,12-14H2,1-2H3,(H,31,34)/b11-10+,18-8-/t17-,19-,21-,22-,25+,26+/m0/s1. The molecule has 3 rings (SSSR count). The van der Waals surface area contributed by atoms with E-state index in [9.17, 15) is 20.1 Å². The molecule has 2 aliphatic rings. The Hall–Kier alpha value is -1.97. The van der Waals surface area contributed by atoms with Crippen LogP contribution in [0.15, 0.2) is 35.9 Å². The third-order valence-electron chi connectivity index (χ3n) is 7.17. The number of benzene rings is 1. The van der Waals surface area contributed by atoms with Crippen LogP contribution in [-0.2, 0) is 4.79 Å². The molecule has 35 heavy (non-hydrogen) atoms. The SMILES string of the molecule is CC#CC[C@H](C)[C@H](O)/C=C/[C@H]1[C@H]2C/C(=C\CCCC(=O)Nc3cc(Cl)c(O)c(Cl)c3)C[C@H]2C[C@H]1O. The maximum absolute atomic E-state index is 12.2. The van der Waals surface area contributed by atoms with E-state index in [1.807, 2.05) is 19.1 Å². The number of carbonyl (C=O) groups excluding carboxylic acids is 1. The molecule has 0 aliphatic heterocycles. The fourth-order valence-corrected chi connectivity index (χ4v) is 5.67. The summed E-state index contributed by atoms with van der Waals surface area (Å²) in [7, 11) is 0. The summed E-state index contributed by atoms with van der Waals surface area (Å²) >= 11 is 11.8. The van der Waals surface area contributed by atoms with Crippen molar-refractivity contribution < 1.29 is 20.1 Å². The molecule has 1 aromatic carbocycles. The lowest BCUT2D eigenvalue weighted by molar-refractivity contribution is -0.116. The van der Waals surface area contributed by atoms with Gasteiger partial charge in [0.25, 0.3) is 0 Å². The Labute approximate surface area is 218 Å². The highest BCUT2D eigenvalue weighted by atomic mass is 35.5. The van der Waals surface area contributed by atoms with E-state index in [-0.39, 0.29) is 39.6 Å². The Balaban J connectivity index is 1.46. The summed E-state index contributed by atoms with van der Waals surface area (Å²) in [6, 6.07) is 2.94. The second-order valence-electron chi connectivity index (χ2n) is 9.79. The lowest BCUT2D eigenvalue weighted by atomic mass is 9.89. The molecule has 1 amide bonds. The fourth-order valence-electron chi connectivity index (χ4n) is 5.19. The van der Waals surface area contributed by atoms with Crippen LogP contribution in [0.25, 0.3) is 0 Å². The van der Waals surface area contributed by atoms with Crippen molar-refractivity contribution in [2.75, 3.05) is 5.32 Å². The molecule has 7 heteroatoms. The monoisotopic (exact) mass is 519 g/mol. The molecule has 190 valence electrons. The van der Waals surface area contributed by atoms with Gasteiger partial charge in [0.2, 0.25) is 5.91 Å². The number of unbranched alkanes of at least 4 members (excludes halogenated alkanes) is 1. The number of nitrogens with one attached hydrogen (secondary N) is 1. The lowest BCUT2D eigenvalue weighted by Gasteiger charge is -2.19. The number of anilines is 1. The molecule has 0 aromatic heterocycles. The summed E-state index contributed by atoms with van der Waals surface area (Å²) in [4.78, 5) is 12.2. The molecule has 1 aromatic rings. The normalized spacial score (nSPS) is 26.4. The number of fused-ring (bicyclic) bond motifs is 1. The van der Waals surface area contributed by atoms with Crippen LogP contribution in [0.2, 0.25) is 10.0 Å². The number of halogens is 2. The molecular weight excluding hydrogens is 485 g/mol. The van der Waals surface area contributed by atoms with Gasteiger partial charge in [-0.2, -0.15) is 0 Å². The van der Waals surface area contributed by atoms with Gasteiger partial charge in [0.15, 0.2) is 5.75 Å². The maximum Gasteiger partial charge on any atom is 0.224 e. The fraction of sp³-hybridized carbons (Fsp3) is 0.536. The Morgan fingerprint density at radius 1 is 1.29 bits per heavy atom. The van der Waals surface area contributed by atoms with Crippen LogP contribution in [0.3, 0.4) is 0 Å². The number of hydrogen-bond donors (Lipinski definition) is 4. The molecule has 0 radical (unpaired) electrons. The first-order valence-electron chi connectivity index (χ1n) is 12.3. The third-order valence-corrected chi connectivity index (χ3v) is 7.74. The average molecular weight is 520 g/mol. The van der Waals surface area contributed by atoms with Crippen molar-refractivity contribution in [1.29, 1.82) is 0 Å². The van der Waals surface area contributed by atoms with Gasteiger partial charge in [-0.15, -0.1) is 11.8 Å². The van der Waals surface area contributed by atoms with Crippen LogP contribution in [0, 0.1) is 35.5 Å². The molecule has 2 aliphatic carbocycles. The van der Waals surface area contributed by atoms with Crippen molar-refractivity contribution in [3.63, 3.8) is 0 Å². The summed E-state index contributed by atoms with van der Waals surface area (Å²) in [6.07, 6.45) is 10.5. The first kappa shape index (κ1) is 27.6. The number of carbonyl (C=O) groups is 1. The van der Waals surface area contributed by atoms with Gasteiger partial charge >= 0.3 is 0 Å².